The van der Waals surface area contributed by atoms with Crippen molar-refractivity contribution in [1.82, 2.24) is 9.55 Å². The van der Waals surface area contributed by atoms with Gasteiger partial charge >= 0.3 is 0 Å². The van der Waals surface area contributed by atoms with Crippen molar-refractivity contribution in [3.63, 3.8) is 0 Å². The first-order chi connectivity index (χ1) is 11.6. The van der Waals surface area contributed by atoms with Gasteiger partial charge in [-0.1, -0.05) is 34.1 Å². The van der Waals surface area contributed by atoms with E-state index in [4.69, 9.17) is 4.74 Å². The standard InChI is InChI=1S/C19H16Br2N2O/c1-14(8-10-23-11-9-22-13-23)15-2-5-17(6-3-15)24-19-7-4-16(20)12-18(19)21/h2-9,11-13H,10H2,1H3. The van der Waals surface area contributed by atoms with E-state index in [0.29, 0.717) is 0 Å². The van der Waals surface area contributed by atoms with E-state index in [1.807, 2.05) is 47.4 Å². The van der Waals surface area contributed by atoms with Crippen molar-refractivity contribution in [3.8, 4) is 11.5 Å². The summed E-state index contributed by atoms with van der Waals surface area (Å²) in [6, 6.07) is 14.0. The number of aromatic nitrogens is 2. The number of ether oxygens (including phenoxy) is 1. The molecule has 0 amide bonds. The molecule has 24 heavy (non-hydrogen) atoms. The SMILES string of the molecule is CC(=CCn1ccnc1)c1ccc(Oc2ccc(Br)cc2Br)cc1. The van der Waals surface area contributed by atoms with Gasteiger partial charge in [-0.2, -0.15) is 0 Å². The van der Waals surface area contributed by atoms with E-state index in [2.05, 4.69) is 62.0 Å². The molecule has 0 unspecified atom stereocenters. The maximum atomic E-state index is 5.92. The van der Waals surface area contributed by atoms with Crippen LogP contribution in [0.2, 0.25) is 0 Å². The number of imidazole rings is 1. The van der Waals surface area contributed by atoms with Crippen molar-refractivity contribution in [3.05, 3.63) is 81.8 Å². The first kappa shape index (κ1) is 17.0. The Bertz CT molecular complexity index is 840. The van der Waals surface area contributed by atoms with Crippen molar-refractivity contribution in [2.75, 3.05) is 0 Å². The Hall–Kier alpha value is -1.85. The third kappa shape index (κ3) is 4.36. The molecular formula is C19H16Br2N2O. The normalized spacial score (nSPS) is 11.5. The molecule has 0 N–H and O–H groups in total. The molecule has 5 heteroatoms. The molecule has 122 valence electrons. The highest BCUT2D eigenvalue weighted by Crippen LogP contribution is 2.32. The van der Waals surface area contributed by atoms with E-state index in [-0.39, 0.29) is 0 Å². The van der Waals surface area contributed by atoms with Crippen LogP contribution in [-0.2, 0) is 6.54 Å². The molecule has 1 heterocycles. The Morgan fingerprint density at radius 2 is 1.96 bits per heavy atom. The molecule has 2 aromatic carbocycles. The summed E-state index contributed by atoms with van der Waals surface area (Å²) in [7, 11) is 0. The zero-order valence-corrected chi connectivity index (χ0v) is 16.3. The number of nitrogens with zero attached hydrogens (tertiary/aromatic N) is 2. The lowest BCUT2D eigenvalue weighted by atomic mass is 10.1. The molecule has 0 fully saturated rings. The summed E-state index contributed by atoms with van der Waals surface area (Å²) in [5.41, 5.74) is 2.40. The summed E-state index contributed by atoms with van der Waals surface area (Å²) in [6.07, 6.45) is 7.74. The van der Waals surface area contributed by atoms with Gasteiger partial charge in [-0.25, -0.2) is 4.98 Å². The third-order valence-electron chi connectivity index (χ3n) is 3.60. The fourth-order valence-electron chi connectivity index (χ4n) is 2.23. The summed E-state index contributed by atoms with van der Waals surface area (Å²) < 4.78 is 9.88. The van der Waals surface area contributed by atoms with Crippen molar-refractivity contribution in [1.29, 1.82) is 0 Å². The maximum Gasteiger partial charge on any atom is 0.141 e. The number of hydrogen-bond acceptors (Lipinski definition) is 2. The van der Waals surface area contributed by atoms with Crippen LogP contribution in [0.5, 0.6) is 11.5 Å². The Morgan fingerprint density at radius 1 is 1.17 bits per heavy atom. The van der Waals surface area contributed by atoms with Crippen LogP contribution in [-0.4, -0.2) is 9.55 Å². The van der Waals surface area contributed by atoms with E-state index in [0.717, 1.165) is 27.0 Å². The van der Waals surface area contributed by atoms with Gasteiger partial charge in [0, 0.05) is 23.4 Å². The Labute approximate surface area is 158 Å². The first-order valence-corrected chi connectivity index (χ1v) is 9.06. The number of benzene rings is 2. The van der Waals surface area contributed by atoms with Gasteiger partial charge in [-0.15, -0.1) is 0 Å². The quantitative estimate of drug-likeness (QED) is 0.458. The van der Waals surface area contributed by atoms with Gasteiger partial charge < -0.3 is 9.30 Å². The highest BCUT2D eigenvalue weighted by Gasteiger charge is 2.04. The lowest BCUT2D eigenvalue weighted by Gasteiger charge is -2.09. The molecule has 0 saturated carbocycles. The summed E-state index contributed by atoms with van der Waals surface area (Å²) in [6.45, 7) is 2.92. The lowest BCUT2D eigenvalue weighted by molar-refractivity contribution is 0.479. The molecule has 3 nitrogen and oxygen atoms in total. The van der Waals surface area contributed by atoms with E-state index in [1.54, 1.807) is 6.20 Å². The fourth-order valence-corrected chi connectivity index (χ4v) is 3.35. The molecule has 0 saturated heterocycles. The minimum Gasteiger partial charge on any atom is -0.456 e. The molecule has 0 spiro atoms. The molecule has 3 rings (SSSR count). The zero-order valence-electron chi connectivity index (χ0n) is 13.1. The predicted octanol–water partition coefficient (Wildman–Crippen LogP) is 6.30. The highest BCUT2D eigenvalue weighted by molar-refractivity contribution is 9.11. The largest absolute Gasteiger partial charge is 0.456 e. The molecule has 0 aliphatic heterocycles. The monoisotopic (exact) mass is 446 g/mol. The average molecular weight is 448 g/mol. The van der Waals surface area contributed by atoms with Crippen LogP contribution in [0.15, 0.2) is 76.2 Å². The summed E-state index contributed by atoms with van der Waals surface area (Å²) in [5, 5.41) is 0. The van der Waals surface area contributed by atoms with Crippen LogP contribution in [0.25, 0.3) is 5.57 Å². The maximum absolute atomic E-state index is 5.92. The molecule has 0 bridgehead atoms. The molecule has 0 aliphatic carbocycles. The molecule has 1 aromatic heterocycles. The number of halogens is 2. The Morgan fingerprint density at radius 3 is 2.62 bits per heavy atom. The van der Waals surface area contributed by atoms with Crippen molar-refractivity contribution >= 4 is 37.4 Å². The number of allylic oxidation sites excluding steroid dienone is 2. The Balaban J connectivity index is 1.69. The minimum atomic E-state index is 0.790. The average Bonchev–Trinajstić information content (AvgIpc) is 3.09. The van der Waals surface area contributed by atoms with Crippen molar-refractivity contribution < 1.29 is 4.74 Å². The topological polar surface area (TPSA) is 27.1 Å². The molecule has 3 aromatic rings. The van der Waals surface area contributed by atoms with Gasteiger partial charge in [0.25, 0.3) is 0 Å². The van der Waals surface area contributed by atoms with Crippen LogP contribution < -0.4 is 4.74 Å². The van der Waals surface area contributed by atoms with Crippen LogP contribution in [0.3, 0.4) is 0 Å². The third-order valence-corrected chi connectivity index (χ3v) is 4.71. The summed E-state index contributed by atoms with van der Waals surface area (Å²) in [5.74, 6) is 1.60. The van der Waals surface area contributed by atoms with Gasteiger partial charge in [0.15, 0.2) is 0 Å². The van der Waals surface area contributed by atoms with E-state index >= 15 is 0 Å². The molecule has 0 atom stereocenters. The van der Waals surface area contributed by atoms with Crippen molar-refractivity contribution in [2.45, 2.75) is 13.5 Å². The first-order valence-electron chi connectivity index (χ1n) is 7.47. The van der Waals surface area contributed by atoms with Gasteiger partial charge in [-0.05, 0) is 64.3 Å². The molecule has 0 radical (unpaired) electrons. The number of hydrogen-bond donors (Lipinski definition) is 0. The molecular weight excluding hydrogens is 432 g/mol. The van der Waals surface area contributed by atoms with E-state index in [1.165, 1.54) is 11.1 Å². The number of rotatable bonds is 5. The lowest BCUT2D eigenvalue weighted by Crippen LogP contribution is -1.91. The van der Waals surface area contributed by atoms with Crippen LogP contribution in [0, 0.1) is 0 Å². The van der Waals surface area contributed by atoms with Gasteiger partial charge in [0.1, 0.15) is 11.5 Å². The predicted molar refractivity (Wildman–Crippen MR) is 104 cm³/mol. The molecule has 0 aliphatic rings. The van der Waals surface area contributed by atoms with Crippen molar-refractivity contribution in [2.24, 2.45) is 0 Å². The van der Waals surface area contributed by atoms with Gasteiger partial charge in [0.05, 0.1) is 10.8 Å². The highest BCUT2D eigenvalue weighted by atomic mass is 79.9. The van der Waals surface area contributed by atoms with Crippen LogP contribution in [0.1, 0.15) is 12.5 Å². The fraction of sp³-hybridized carbons (Fsp3) is 0.105. The van der Waals surface area contributed by atoms with Crippen LogP contribution in [0.4, 0.5) is 0 Å². The van der Waals surface area contributed by atoms with E-state index < -0.39 is 0 Å². The second-order valence-corrected chi connectivity index (χ2v) is 7.12. The van der Waals surface area contributed by atoms with Crippen LogP contribution >= 0.6 is 31.9 Å². The summed E-state index contributed by atoms with van der Waals surface area (Å²) in [4.78, 5) is 4.05. The minimum absolute atomic E-state index is 0.790. The zero-order chi connectivity index (χ0) is 16.9. The second kappa shape index (κ2) is 7.81. The van der Waals surface area contributed by atoms with Gasteiger partial charge in [-0.3, -0.25) is 0 Å². The summed E-state index contributed by atoms with van der Waals surface area (Å²) >= 11 is 6.95. The van der Waals surface area contributed by atoms with Gasteiger partial charge in [0.2, 0.25) is 0 Å². The Kier molecular flexibility index (Phi) is 5.53. The van der Waals surface area contributed by atoms with E-state index in [9.17, 15) is 0 Å². The second-order valence-electron chi connectivity index (χ2n) is 5.35. The smallest absolute Gasteiger partial charge is 0.141 e.